The molecule has 6 rings (SSSR count). The average Bonchev–Trinajstić information content (AvgIpc) is 3.32. The summed E-state index contributed by atoms with van der Waals surface area (Å²) in [6, 6.07) is 7.24. The van der Waals surface area contributed by atoms with Crippen LogP contribution in [0.4, 0.5) is 5.95 Å². The van der Waals surface area contributed by atoms with Crippen molar-refractivity contribution in [2.24, 2.45) is 11.8 Å². The fourth-order valence-electron chi connectivity index (χ4n) is 5.09. The van der Waals surface area contributed by atoms with Gasteiger partial charge in [-0.15, -0.1) is 5.10 Å². The minimum Gasteiger partial charge on any atom is -0.348 e. The number of aromatic nitrogens is 5. The minimum absolute atomic E-state index is 0.00382. The summed E-state index contributed by atoms with van der Waals surface area (Å²) >= 11 is 6.10. The number of carbonyl (C=O) groups excluding carboxylic acids is 2. The smallest absolute Gasteiger partial charge is 0.273 e. The molecular weight excluding hydrogens is 480 g/mol. The van der Waals surface area contributed by atoms with Gasteiger partial charge in [0, 0.05) is 41.5 Å². The number of amides is 2. The van der Waals surface area contributed by atoms with E-state index in [9.17, 15) is 14.9 Å². The summed E-state index contributed by atoms with van der Waals surface area (Å²) in [5, 5.41) is 21.1. The van der Waals surface area contributed by atoms with E-state index >= 15 is 0 Å². The van der Waals surface area contributed by atoms with Crippen LogP contribution < -0.4 is 10.2 Å². The van der Waals surface area contributed by atoms with E-state index in [1.54, 1.807) is 40.3 Å². The van der Waals surface area contributed by atoms with Gasteiger partial charge in [-0.2, -0.15) is 5.26 Å². The molecule has 1 saturated heterocycles. The van der Waals surface area contributed by atoms with Crippen molar-refractivity contribution in [3.63, 3.8) is 0 Å². The number of nitrogens with zero attached hydrogens (tertiary/aromatic N) is 7. The van der Waals surface area contributed by atoms with Crippen molar-refractivity contribution in [2.45, 2.75) is 44.2 Å². The van der Waals surface area contributed by atoms with Crippen molar-refractivity contribution in [3.05, 3.63) is 64.2 Å². The van der Waals surface area contributed by atoms with Crippen molar-refractivity contribution < 1.29 is 9.59 Å². The van der Waals surface area contributed by atoms with Gasteiger partial charge in [0.1, 0.15) is 0 Å². The quantitative estimate of drug-likeness (QED) is 0.548. The van der Waals surface area contributed by atoms with Gasteiger partial charge in [0.2, 0.25) is 11.9 Å². The van der Waals surface area contributed by atoms with Crippen molar-refractivity contribution in [1.29, 1.82) is 5.26 Å². The second kappa shape index (κ2) is 8.68. The van der Waals surface area contributed by atoms with E-state index in [1.165, 1.54) is 0 Å². The Morgan fingerprint density at radius 3 is 2.72 bits per heavy atom. The summed E-state index contributed by atoms with van der Waals surface area (Å²) in [4.78, 5) is 35.4. The standard InChI is InChI=1S/C25H23ClN8O2/c1-13(17-9-28-25(29-10-17)33-11-16-6-21(16)24(33)36)34-12-22(31-32-34)23(35)30-19-4-15(5-19)20-7-18(26)3-2-14(20)8-27/h2-3,7,9-10,12-13,15-16,19,21H,4-6,11H2,1H3,(H,30,35)/t13-,15?,16+,19?,21+/m0/s1. The molecule has 3 atom stereocenters. The summed E-state index contributed by atoms with van der Waals surface area (Å²) in [5.74, 6) is 1.05. The molecule has 0 bridgehead atoms. The van der Waals surface area contributed by atoms with Crippen molar-refractivity contribution >= 4 is 29.4 Å². The van der Waals surface area contributed by atoms with E-state index in [0.29, 0.717) is 29.0 Å². The van der Waals surface area contributed by atoms with Gasteiger partial charge in [0.25, 0.3) is 5.91 Å². The Bertz CT molecular complexity index is 1390. The molecule has 2 aromatic heterocycles. The number of carbonyl (C=O) groups is 2. The van der Waals surface area contributed by atoms with Crippen molar-refractivity contribution in [2.75, 3.05) is 11.4 Å². The lowest BCUT2D eigenvalue weighted by molar-refractivity contribution is -0.118. The van der Waals surface area contributed by atoms with Crippen LogP contribution in [0.1, 0.15) is 65.3 Å². The molecule has 2 saturated carbocycles. The predicted molar refractivity (Wildman–Crippen MR) is 129 cm³/mol. The molecule has 1 aliphatic heterocycles. The molecule has 2 aliphatic carbocycles. The molecule has 2 amide bonds. The SMILES string of the molecule is C[C@@H](c1cnc(N2C[C@H]3C[C@H]3C2=O)nc1)n1cc(C(=O)NC2CC(c3cc(Cl)ccc3C#N)C2)nn1. The third-order valence-corrected chi connectivity index (χ3v) is 7.73. The first-order chi connectivity index (χ1) is 17.4. The summed E-state index contributed by atoms with van der Waals surface area (Å²) in [7, 11) is 0. The molecule has 182 valence electrons. The topological polar surface area (TPSA) is 130 Å². The summed E-state index contributed by atoms with van der Waals surface area (Å²) in [5.41, 5.74) is 2.57. The number of nitrogens with one attached hydrogen (secondary N) is 1. The Hall–Kier alpha value is -3.84. The number of piperidine rings is 1. The molecule has 1 aromatic carbocycles. The first-order valence-corrected chi connectivity index (χ1v) is 12.3. The zero-order valence-corrected chi connectivity index (χ0v) is 20.3. The fourth-order valence-corrected chi connectivity index (χ4v) is 5.27. The Morgan fingerprint density at radius 1 is 1.25 bits per heavy atom. The lowest BCUT2D eigenvalue weighted by atomic mass is 9.74. The van der Waals surface area contributed by atoms with E-state index in [4.69, 9.17) is 11.6 Å². The number of nitriles is 1. The molecule has 11 heteroatoms. The maximum Gasteiger partial charge on any atom is 0.273 e. The predicted octanol–water partition coefficient (Wildman–Crippen LogP) is 2.86. The second-order valence-corrected chi connectivity index (χ2v) is 10.2. The van der Waals surface area contributed by atoms with Gasteiger partial charge in [-0.3, -0.25) is 14.5 Å². The van der Waals surface area contributed by atoms with Crippen LogP contribution >= 0.6 is 11.6 Å². The number of fused-ring (bicyclic) bond motifs is 1. The Kier molecular flexibility index (Phi) is 5.45. The summed E-state index contributed by atoms with van der Waals surface area (Å²) < 4.78 is 1.60. The van der Waals surface area contributed by atoms with E-state index < -0.39 is 0 Å². The Morgan fingerprint density at radius 2 is 2.03 bits per heavy atom. The number of rotatable bonds is 6. The van der Waals surface area contributed by atoms with Gasteiger partial charge in [0.05, 0.1) is 23.9 Å². The van der Waals surface area contributed by atoms with Gasteiger partial charge < -0.3 is 5.32 Å². The maximum absolute atomic E-state index is 12.7. The molecule has 3 aliphatic rings. The molecule has 3 heterocycles. The third kappa shape index (κ3) is 3.99. The average molecular weight is 503 g/mol. The van der Waals surface area contributed by atoms with Crippen LogP contribution in [-0.2, 0) is 4.79 Å². The molecule has 3 fully saturated rings. The van der Waals surface area contributed by atoms with Gasteiger partial charge in [-0.25, -0.2) is 14.6 Å². The minimum atomic E-state index is -0.291. The van der Waals surface area contributed by atoms with Gasteiger partial charge in [-0.1, -0.05) is 16.8 Å². The van der Waals surface area contributed by atoms with Crippen LogP contribution in [0.2, 0.25) is 5.02 Å². The molecule has 1 N–H and O–H groups in total. The lowest BCUT2D eigenvalue weighted by Gasteiger charge is -2.36. The van der Waals surface area contributed by atoms with Gasteiger partial charge in [0.15, 0.2) is 5.69 Å². The maximum atomic E-state index is 12.7. The normalized spacial score (nSPS) is 25.0. The largest absolute Gasteiger partial charge is 0.348 e. The zero-order chi connectivity index (χ0) is 25.0. The van der Waals surface area contributed by atoms with Crippen molar-refractivity contribution in [1.82, 2.24) is 30.3 Å². The van der Waals surface area contributed by atoms with Crippen LogP contribution in [0.15, 0.2) is 36.8 Å². The van der Waals surface area contributed by atoms with Crippen LogP contribution in [0.5, 0.6) is 0 Å². The van der Waals surface area contributed by atoms with E-state index in [-0.39, 0.29) is 41.4 Å². The monoisotopic (exact) mass is 502 g/mol. The zero-order valence-electron chi connectivity index (χ0n) is 19.5. The first-order valence-electron chi connectivity index (χ1n) is 12.0. The molecule has 3 aromatic rings. The Labute approximate surface area is 212 Å². The highest BCUT2D eigenvalue weighted by molar-refractivity contribution is 6.30. The highest BCUT2D eigenvalue weighted by Crippen LogP contribution is 2.46. The molecule has 0 radical (unpaired) electrons. The first kappa shape index (κ1) is 22.6. The van der Waals surface area contributed by atoms with Gasteiger partial charge >= 0.3 is 0 Å². The van der Waals surface area contributed by atoms with E-state index in [1.807, 2.05) is 13.0 Å². The number of benzene rings is 1. The van der Waals surface area contributed by atoms with E-state index in [0.717, 1.165) is 30.4 Å². The van der Waals surface area contributed by atoms with Crippen molar-refractivity contribution in [3.8, 4) is 6.07 Å². The molecule has 36 heavy (non-hydrogen) atoms. The highest BCUT2D eigenvalue weighted by atomic mass is 35.5. The van der Waals surface area contributed by atoms with Crippen LogP contribution in [0.25, 0.3) is 0 Å². The molecule has 10 nitrogen and oxygen atoms in total. The van der Waals surface area contributed by atoms with Crippen LogP contribution in [0, 0.1) is 23.2 Å². The third-order valence-electron chi connectivity index (χ3n) is 7.49. The Balaban J connectivity index is 1.06. The van der Waals surface area contributed by atoms with E-state index in [2.05, 4.69) is 31.7 Å². The summed E-state index contributed by atoms with van der Waals surface area (Å²) in [6.07, 6.45) is 7.42. The number of halogens is 1. The van der Waals surface area contributed by atoms with Gasteiger partial charge in [-0.05, 0) is 61.8 Å². The lowest BCUT2D eigenvalue weighted by Crippen LogP contribution is -2.43. The highest BCUT2D eigenvalue weighted by Gasteiger charge is 2.53. The van der Waals surface area contributed by atoms with Crippen LogP contribution in [-0.4, -0.2) is 49.4 Å². The summed E-state index contributed by atoms with van der Waals surface area (Å²) in [6.45, 7) is 2.61. The molecular formula is C25H23ClN8O2. The van der Waals surface area contributed by atoms with Crippen LogP contribution in [0.3, 0.4) is 0 Å². The molecule has 0 unspecified atom stereocenters. The number of hydrogen-bond acceptors (Lipinski definition) is 7. The molecule has 0 spiro atoms. The second-order valence-electron chi connectivity index (χ2n) is 9.81. The number of anilines is 1. The number of hydrogen-bond donors (Lipinski definition) is 1. The fraction of sp³-hybridized carbons (Fsp3) is 0.400.